The maximum absolute atomic E-state index is 10.9. The summed E-state index contributed by atoms with van der Waals surface area (Å²) in [6, 6.07) is 9.46. The van der Waals surface area contributed by atoms with E-state index in [1.807, 2.05) is 30.3 Å². The Morgan fingerprint density at radius 3 is 2.94 bits per heavy atom. The van der Waals surface area contributed by atoms with Crippen molar-refractivity contribution < 1.29 is 9.21 Å². The summed E-state index contributed by atoms with van der Waals surface area (Å²) in [5.74, 6) is 1.64. The average Bonchev–Trinajstić information content (AvgIpc) is 2.80. The molecule has 2 aromatic rings. The second-order valence-corrected chi connectivity index (χ2v) is 5.10. The fourth-order valence-electron chi connectivity index (χ4n) is 1.29. The molecule has 0 bridgehead atoms. The predicted molar refractivity (Wildman–Crippen MR) is 67.8 cm³/mol. The quantitative estimate of drug-likeness (QED) is 0.627. The Balaban J connectivity index is 2.12. The number of carbonyl (C=O) groups excluding carboxylic acids is 1. The normalized spacial score (nSPS) is 10.3. The Kier molecular flexibility index (Phi) is 3.85. The summed E-state index contributed by atoms with van der Waals surface area (Å²) in [4.78, 5) is 11.9. The highest BCUT2D eigenvalue weighted by atomic mass is 79.9. The molecule has 2 rings (SSSR count). The van der Waals surface area contributed by atoms with Crippen LogP contribution in [0.5, 0.6) is 0 Å². The highest BCUT2D eigenvalue weighted by molar-refractivity contribution is 9.10. The number of halogens is 1. The summed E-state index contributed by atoms with van der Waals surface area (Å²) in [6.07, 6.45) is 2.52. The van der Waals surface area contributed by atoms with Gasteiger partial charge in [-0.3, -0.25) is 4.79 Å². The van der Waals surface area contributed by atoms with E-state index in [9.17, 15) is 4.79 Å². The number of carbonyl (C=O) groups is 1. The number of rotatable bonds is 4. The van der Waals surface area contributed by atoms with Crippen molar-refractivity contribution in [3.05, 3.63) is 52.4 Å². The topological polar surface area (TPSA) is 30.2 Å². The molecule has 0 unspecified atom stereocenters. The first-order chi connectivity index (χ1) is 7.79. The lowest BCUT2D eigenvalue weighted by molar-refractivity contribution is 0.112. The average molecular weight is 297 g/mol. The molecule has 0 N–H and O–H groups in total. The lowest BCUT2D eigenvalue weighted by atomic mass is 10.2. The summed E-state index contributed by atoms with van der Waals surface area (Å²) < 4.78 is 6.15. The van der Waals surface area contributed by atoms with Crippen LogP contribution in [0.3, 0.4) is 0 Å². The molecule has 0 atom stereocenters. The summed E-state index contributed by atoms with van der Waals surface area (Å²) in [5.41, 5.74) is 0.700. The van der Waals surface area contributed by atoms with Crippen molar-refractivity contribution >= 4 is 34.0 Å². The Morgan fingerprint density at radius 1 is 1.38 bits per heavy atom. The zero-order valence-electron chi connectivity index (χ0n) is 8.35. The molecule has 16 heavy (non-hydrogen) atoms. The van der Waals surface area contributed by atoms with Gasteiger partial charge < -0.3 is 4.42 Å². The second-order valence-electron chi connectivity index (χ2n) is 3.17. The fraction of sp³-hybridized carbons (Fsp3) is 0.0833. The van der Waals surface area contributed by atoms with Crippen molar-refractivity contribution in [1.29, 1.82) is 0 Å². The third kappa shape index (κ3) is 2.77. The summed E-state index contributed by atoms with van der Waals surface area (Å²) in [6.45, 7) is 0. The van der Waals surface area contributed by atoms with Crippen LogP contribution in [0.2, 0.25) is 0 Å². The van der Waals surface area contributed by atoms with Gasteiger partial charge in [0.15, 0.2) is 6.29 Å². The Bertz CT molecular complexity index is 480. The van der Waals surface area contributed by atoms with Gasteiger partial charge in [0, 0.05) is 14.9 Å². The van der Waals surface area contributed by atoms with Gasteiger partial charge in [-0.15, -0.1) is 11.8 Å². The SMILES string of the molecule is O=Cc1cc(Br)ccc1SCc1ccco1. The third-order valence-electron chi connectivity index (χ3n) is 2.05. The van der Waals surface area contributed by atoms with Crippen LogP contribution in [-0.2, 0) is 5.75 Å². The number of thioether (sulfide) groups is 1. The molecule has 0 aliphatic heterocycles. The van der Waals surface area contributed by atoms with Crippen molar-refractivity contribution in [3.63, 3.8) is 0 Å². The molecule has 0 amide bonds. The summed E-state index contributed by atoms with van der Waals surface area (Å²) >= 11 is 4.93. The van der Waals surface area contributed by atoms with Gasteiger partial charge >= 0.3 is 0 Å². The highest BCUT2D eigenvalue weighted by Gasteiger charge is 2.04. The number of benzene rings is 1. The highest BCUT2D eigenvalue weighted by Crippen LogP contribution is 2.27. The first-order valence-corrected chi connectivity index (χ1v) is 6.47. The van der Waals surface area contributed by atoms with Crippen molar-refractivity contribution in [2.24, 2.45) is 0 Å². The molecule has 0 saturated heterocycles. The summed E-state index contributed by atoms with van der Waals surface area (Å²) in [7, 11) is 0. The van der Waals surface area contributed by atoms with Crippen molar-refractivity contribution in [3.8, 4) is 0 Å². The maximum Gasteiger partial charge on any atom is 0.151 e. The molecule has 2 nitrogen and oxygen atoms in total. The molecule has 1 heterocycles. The molecule has 4 heteroatoms. The first kappa shape index (κ1) is 11.5. The monoisotopic (exact) mass is 296 g/mol. The van der Waals surface area contributed by atoms with Gasteiger partial charge in [-0.2, -0.15) is 0 Å². The maximum atomic E-state index is 10.9. The van der Waals surface area contributed by atoms with E-state index in [4.69, 9.17) is 4.42 Å². The number of hydrogen-bond acceptors (Lipinski definition) is 3. The van der Waals surface area contributed by atoms with Crippen molar-refractivity contribution in [2.75, 3.05) is 0 Å². The molecule has 0 fully saturated rings. The first-order valence-electron chi connectivity index (χ1n) is 4.69. The molecule has 0 saturated carbocycles. The predicted octanol–water partition coefficient (Wildman–Crippen LogP) is 4.15. The van der Waals surface area contributed by atoms with Gasteiger partial charge in [0.25, 0.3) is 0 Å². The van der Waals surface area contributed by atoms with E-state index < -0.39 is 0 Å². The molecule has 0 radical (unpaired) electrons. The van der Waals surface area contributed by atoms with Gasteiger partial charge in [-0.25, -0.2) is 0 Å². The Labute approximate surface area is 106 Å². The van der Waals surface area contributed by atoms with E-state index in [2.05, 4.69) is 15.9 Å². The van der Waals surface area contributed by atoms with E-state index in [-0.39, 0.29) is 0 Å². The van der Waals surface area contributed by atoms with Gasteiger partial charge in [0.1, 0.15) is 5.76 Å². The standard InChI is InChI=1S/C12H9BrO2S/c13-10-3-4-12(9(6-10)7-14)16-8-11-2-1-5-15-11/h1-7H,8H2. The zero-order chi connectivity index (χ0) is 11.4. The number of furan rings is 1. The molecular formula is C12H9BrO2S. The van der Waals surface area contributed by atoms with E-state index in [0.717, 1.165) is 27.2 Å². The van der Waals surface area contributed by atoms with E-state index >= 15 is 0 Å². The molecule has 82 valence electrons. The van der Waals surface area contributed by atoms with E-state index in [0.29, 0.717) is 5.56 Å². The van der Waals surface area contributed by atoms with Crippen LogP contribution in [0.15, 0.2) is 50.4 Å². The lowest BCUT2D eigenvalue weighted by Crippen LogP contribution is -1.86. The zero-order valence-corrected chi connectivity index (χ0v) is 10.8. The van der Waals surface area contributed by atoms with Crippen LogP contribution in [0.4, 0.5) is 0 Å². The van der Waals surface area contributed by atoms with Gasteiger partial charge in [-0.05, 0) is 30.3 Å². The molecule has 0 aliphatic rings. The Morgan fingerprint density at radius 2 is 2.25 bits per heavy atom. The van der Waals surface area contributed by atoms with Crippen LogP contribution in [0, 0.1) is 0 Å². The van der Waals surface area contributed by atoms with Crippen LogP contribution in [-0.4, -0.2) is 6.29 Å². The minimum Gasteiger partial charge on any atom is -0.468 e. The summed E-state index contributed by atoms with van der Waals surface area (Å²) in [5, 5.41) is 0. The molecule has 1 aromatic carbocycles. The largest absolute Gasteiger partial charge is 0.468 e. The van der Waals surface area contributed by atoms with Crippen molar-refractivity contribution in [1.82, 2.24) is 0 Å². The lowest BCUT2D eigenvalue weighted by Gasteiger charge is -2.03. The van der Waals surface area contributed by atoms with Gasteiger partial charge in [0.2, 0.25) is 0 Å². The Hall–Kier alpha value is -1.00. The smallest absolute Gasteiger partial charge is 0.151 e. The number of aldehydes is 1. The molecule has 0 spiro atoms. The van der Waals surface area contributed by atoms with Crippen LogP contribution >= 0.6 is 27.7 Å². The fourth-order valence-corrected chi connectivity index (χ4v) is 2.57. The van der Waals surface area contributed by atoms with Crippen LogP contribution in [0.25, 0.3) is 0 Å². The molecule has 1 aromatic heterocycles. The van der Waals surface area contributed by atoms with E-state index in [1.165, 1.54) is 0 Å². The molecular weight excluding hydrogens is 288 g/mol. The van der Waals surface area contributed by atoms with Crippen LogP contribution in [0.1, 0.15) is 16.1 Å². The molecule has 0 aliphatic carbocycles. The second kappa shape index (κ2) is 5.37. The minimum absolute atomic E-state index is 0.700. The number of hydrogen-bond donors (Lipinski definition) is 0. The third-order valence-corrected chi connectivity index (χ3v) is 3.65. The minimum atomic E-state index is 0.700. The van der Waals surface area contributed by atoms with Crippen molar-refractivity contribution in [2.45, 2.75) is 10.6 Å². The van der Waals surface area contributed by atoms with Gasteiger partial charge in [-0.1, -0.05) is 15.9 Å². The van der Waals surface area contributed by atoms with Crippen LogP contribution < -0.4 is 0 Å². The van der Waals surface area contributed by atoms with E-state index in [1.54, 1.807) is 18.0 Å². The van der Waals surface area contributed by atoms with Gasteiger partial charge in [0.05, 0.1) is 12.0 Å².